The van der Waals surface area contributed by atoms with Crippen LogP contribution in [0.4, 0.5) is 14.7 Å². The van der Waals surface area contributed by atoms with Crippen LogP contribution < -0.4 is 5.32 Å². The Morgan fingerprint density at radius 3 is 2.90 bits per heavy atom. The van der Waals surface area contributed by atoms with Gasteiger partial charge in [-0.3, -0.25) is 5.10 Å². The Morgan fingerprint density at radius 2 is 2.10 bits per heavy atom. The summed E-state index contributed by atoms with van der Waals surface area (Å²) in [6.07, 6.45) is 1.49. The number of nitrogens with zero attached hydrogens (tertiary/aromatic N) is 3. The molecule has 0 aliphatic rings. The number of fused-ring (bicyclic) bond motifs is 1. The number of halogens is 2. The van der Waals surface area contributed by atoms with Crippen LogP contribution in [-0.2, 0) is 0 Å². The molecule has 3 aromatic rings. The second-order valence-corrected chi connectivity index (χ2v) is 4.18. The summed E-state index contributed by atoms with van der Waals surface area (Å²) >= 11 is 0. The molecule has 0 aliphatic heterocycles. The van der Waals surface area contributed by atoms with Gasteiger partial charge in [-0.2, -0.15) is 10.1 Å². The molecule has 2 heterocycles. The molecule has 0 spiro atoms. The van der Waals surface area contributed by atoms with Gasteiger partial charge in [0.15, 0.2) is 5.65 Å². The van der Waals surface area contributed by atoms with E-state index in [0.717, 1.165) is 18.2 Å². The molecule has 0 unspecified atom stereocenters. The molecule has 20 heavy (non-hydrogen) atoms. The third kappa shape index (κ3) is 2.07. The van der Waals surface area contributed by atoms with Gasteiger partial charge in [0.1, 0.15) is 11.6 Å². The topological polar surface area (TPSA) is 66.5 Å². The zero-order valence-corrected chi connectivity index (χ0v) is 10.6. The van der Waals surface area contributed by atoms with E-state index in [9.17, 15) is 8.78 Å². The molecule has 0 saturated carbocycles. The lowest BCUT2D eigenvalue weighted by atomic mass is 10.1. The zero-order valence-electron chi connectivity index (χ0n) is 10.6. The number of nitrogens with one attached hydrogen (secondary N) is 2. The molecule has 2 aromatic heterocycles. The van der Waals surface area contributed by atoms with Crippen molar-refractivity contribution in [3.8, 4) is 11.3 Å². The fourth-order valence-corrected chi connectivity index (χ4v) is 1.96. The Bertz CT molecular complexity index is 769. The van der Waals surface area contributed by atoms with E-state index < -0.39 is 11.6 Å². The van der Waals surface area contributed by atoms with Crippen molar-refractivity contribution < 1.29 is 8.78 Å². The summed E-state index contributed by atoms with van der Waals surface area (Å²) < 4.78 is 27.3. The van der Waals surface area contributed by atoms with Crippen molar-refractivity contribution >= 4 is 17.0 Å². The smallest absolute Gasteiger partial charge is 0.225 e. The highest BCUT2D eigenvalue weighted by Gasteiger charge is 2.15. The molecule has 0 fully saturated rings. The van der Waals surface area contributed by atoms with Gasteiger partial charge < -0.3 is 5.32 Å². The Hall–Kier alpha value is -2.57. The monoisotopic (exact) mass is 275 g/mol. The second kappa shape index (κ2) is 4.84. The molecule has 5 nitrogen and oxygen atoms in total. The number of rotatable bonds is 3. The quantitative estimate of drug-likeness (QED) is 0.771. The van der Waals surface area contributed by atoms with Gasteiger partial charge in [-0.25, -0.2) is 13.8 Å². The first-order chi connectivity index (χ1) is 9.69. The first kappa shape index (κ1) is 12.5. The number of hydrogen-bond acceptors (Lipinski definition) is 4. The van der Waals surface area contributed by atoms with E-state index in [1.165, 1.54) is 6.20 Å². The highest BCUT2D eigenvalue weighted by Crippen LogP contribution is 2.28. The summed E-state index contributed by atoms with van der Waals surface area (Å²) in [5, 5.41) is 10.1. The lowest BCUT2D eigenvalue weighted by Gasteiger charge is -2.07. The van der Waals surface area contributed by atoms with Crippen LogP contribution in [0.25, 0.3) is 22.3 Å². The maximum Gasteiger partial charge on any atom is 0.225 e. The van der Waals surface area contributed by atoms with Crippen molar-refractivity contribution in [3.05, 3.63) is 36.0 Å². The number of anilines is 1. The van der Waals surface area contributed by atoms with Gasteiger partial charge in [-0.15, -0.1) is 0 Å². The average Bonchev–Trinajstić information content (AvgIpc) is 2.89. The van der Waals surface area contributed by atoms with E-state index in [1.807, 2.05) is 6.92 Å². The van der Waals surface area contributed by atoms with Crippen molar-refractivity contribution in [2.24, 2.45) is 0 Å². The summed E-state index contributed by atoms with van der Waals surface area (Å²) in [5.41, 5.74) is 0.851. The van der Waals surface area contributed by atoms with Crippen LogP contribution in [0.1, 0.15) is 6.92 Å². The summed E-state index contributed by atoms with van der Waals surface area (Å²) in [6.45, 7) is 2.51. The molecular formula is C13H11F2N5. The molecule has 1 aromatic carbocycles. The van der Waals surface area contributed by atoms with Crippen molar-refractivity contribution in [1.29, 1.82) is 0 Å². The number of aromatic amines is 1. The molecule has 7 heteroatoms. The Kier molecular flexibility index (Phi) is 3.02. The largest absolute Gasteiger partial charge is 0.354 e. The highest BCUT2D eigenvalue weighted by atomic mass is 19.1. The molecule has 2 N–H and O–H groups in total. The summed E-state index contributed by atoms with van der Waals surface area (Å²) in [7, 11) is 0. The predicted octanol–water partition coefficient (Wildman–Crippen LogP) is 2.73. The lowest BCUT2D eigenvalue weighted by molar-refractivity contribution is 0.603. The third-order valence-corrected chi connectivity index (χ3v) is 2.83. The van der Waals surface area contributed by atoms with E-state index in [0.29, 0.717) is 29.2 Å². The molecule has 3 rings (SSSR count). The number of H-pyrrole nitrogens is 1. The van der Waals surface area contributed by atoms with Gasteiger partial charge in [0.05, 0.1) is 17.3 Å². The minimum atomic E-state index is -0.546. The predicted molar refractivity (Wildman–Crippen MR) is 71.2 cm³/mol. The Morgan fingerprint density at radius 1 is 1.25 bits per heavy atom. The van der Waals surface area contributed by atoms with E-state index >= 15 is 0 Å². The SMILES string of the molecule is CCNc1nc(-c2cc(F)ccc2F)c2cn[nH]c2n1. The summed E-state index contributed by atoms with van der Waals surface area (Å²) in [4.78, 5) is 8.45. The lowest BCUT2D eigenvalue weighted by Crippen LogP contribution is -2.04. The van der Waals surface area contributed by atoms with Crippen LogP contribution >= 0.6 is 0 Å². The maximum absolute atomic E-state index is 13.9. The molecular weight excluding hydrogens is 264 g/mol. The van der Waals surface area contributed by atoms with Gasteiger partial charge in [0.25, 0.3) is 0 Å². The first-order valence-corrected chi connectivity index (χ1v) is 6.09. The minimum Gasteiger partial charge on any atom is -0.354 e. The zero-order chi connectivity index (χ0) is 14.1. The van der Waals surface area contributed by atoms with Crippen LogP contribution in [-0.4, -0.2) is 26.7 Å². The maximum atomic E-state index is 13.9. The Labute approximate surface area is 113 Å². The van der Waals surface area contributed by atoms with Crippen molar-refractivity contribution in [1.82, 2.24) is 20.2 Å². The molecule has 0 bridgehead atoms. The molecule has 0 saturated heterocycles. The molecule has 0 amide bonds. The van der Waals surface area contributed by atoms with Crippen LogP contribution in [0.15, 0.2) is 24.4 Å². The van der Waals surface area contributed by atoms with E-state index in [1.54, 1.807) is 0 Å². The van der Waals surface area contributed by atoms with E-state index in [2.05, 4.69) is 25.5 Å². The van der Waals surface area contributed by atoms with Gasteiger partial charge in [0.2, 0.25) is 5.95 Å². The Balaban J connectivity index is 2.28. The fourth-order valence-electron chi connectivity index (χ4n) is 1.96. The second-order valence-electron chi connectivity index (χ2n) is 4.18. The molecule has 0 radical (unpaired) electrons. The van der Waals surface area contributed by atoms with Gasteiger partial charge in [-0.05, 0) is 25.1 Å². The van der Waals surface area contributed by atoms with Crippen molar-refractivity contribution in [3.63, 3.8) is 0 Å². The van der Waals surface area contributed by atoms with E-state index in [-0.39, 0.29) is 5.56 Å². The number of aromatic nitrogens is 4. The third-order valence-electron chi connectivity index (χ3n) is 2.83. The van der Waals surface area contributed by atoms with Gasteiger partial charge in [-0.1, -0.05) is 0 Å². The number of benzene rings is 1. The summed E-state index contributed by atoms with van der Waals surface area (Å²) in [6, 6.07) is 3.25. The van der Waals surface area contributed by atoms with Crippen LogP contribution in [0.2, 0.25) is 0 Å². The van der Waals surface area contributed by atoms with Crippen LogP contribution in [0.3, 0.4) is 0 Å². The fraction of sp³-hybridized carbons (Fsp3) is 0.154. The minimum absolute atomic E-state index is 0.0814. The number of hydrogen-bond donors (Lipinski definition) is 2. The van der Waals surface area contributed by atoms with Crippen molar-refractivity contribution in [2.75, 3.05) is 11.9 Å². The summed E-state index contributed by atoms with van der Waals surface area (Å²) in [5.74, 6) is -0.736. The van der Waals surface area contributed by atoms with Crippen LogP contribution in [0, 0.1) is 11.6 Å². The highest BCUT2D eigenvalue weighted by molar-refractivity contribution is 5.90. The van der Waals surface area contributed by atoms with Gasteiger partial charge in [0, 0.05) is 12.1 Å². The average molecular weight is 275 g/mol. The standard InChI is InChI=1S/C13H11F2N5/c1-2-16-13-18-11(9-6-17-20-12(9)19-13)8-5-7(14)3-4-10(8)15/h3-6H,2H2,1H3,(H2,16,17,18,19,20). The van der Waals surface area contributed by atoms with E-state index in [4.69, 9.17) is 0 Å². The van der Waals surface area contributed by atoms with Crippen LogP contribution in [0.5, 0.6) is 0 Å². The first-order valence-electron chi connectivity index (χ1n) is 6.09. The normalized spacial score (nSPS) is 10.9. The van der Waals surface area contributed by atoms with Crippen molar-refractivity contribution in [2.45, 2.75) is 6.92 Å². The molecule has 102 valence electrons. The molecule has 0 aliphatic carbocycles. The molecule has 0 atom stereocenters. The van der Waals surface area contributed by atoms with Gasteiger partial charge >= 0.3 is 0 Å².